The van der Waals surface area contributed by atoms with E-state index in [9.17, 15) is 14.3 Å². The second-order valence-corrected chi connectivity index (χ2v) is 4.97. The number of nitrogens with zero attached hydrogens (tertiary/aromatic N) is 1. The minimum Gasteiger partial charge on any atom is -0.480 e. The zero-order chi connectivity index (χ0) is 15.2. The van der Waals surface area contributed by atoms with Gasteiger partial charge < -0.3 is 15.3 Å². The fraction of sp³-hybridized carbons (Fsp3) is 0.533. The van der Waals surface area contributed by atoms with Crippen LogP contribution in [0.2, 0.25) is 0 Å². The Labute approximate surface area is 119 Å². The van der Waals surface area contributed by atoms with E-state index in [0.717, 1.165) is 12.2 Å². The van der Waals surface area contributed by atoms with E-state index in [-0.39, 0.29) is 5.82 Å². The molecule has 0 spiro atoms. The van der Waals surface area contributed by atoms with Gasteiger partial charge in [0.15, 0.2) is 0 Å². The van der Waals surface area contributed by atoms with E-state index in [0.29, 0.717) is 19.5 Å². The molecule has 0 aromatic heterocycles. The molecule has 4 nitrogen and oxygen atoms in total. The van der Waals surface area contributed by atoms with Gasteiger partial charge in [0.2, 0.25) is 0 Å². The van der Waals surface area contributed by atoms with Gasteiger partial charge in [0.05, 0.1) is 0 Å². The summed E-state index contributed by atoms with van der Waals surface area (Å²) in [6.07, 6.45) is 0.474. The maximum Gasteiger partial charge on any atom is 0.323 e. The third kappa shape index (κ3) is 4.20. The number of carboxylic acids is 1. The van der Waals surface area contributed by atoms with Crippen molar-refractivity contribution in [3.8, 4) is 0 Å². The van der Waals surface area contributed by atoms with Gasteiger partial charge in [0, 0.05) is 18.8 Å². The van der Waals surface area contributed by atoms with E-state index in [2.05, 4.69) is 5.32 Å². The zero-order valence-corrected chi connectivity index (χ0v) is 12.3. The summed E-state index contributed by atoms with van der Waals surface area (Å²) in [5.41, 5.74) is -0.0412. The SMILES string of the molecule is CCNC(C)(CCN(CC)c1ccc(F)cc1)C(=O)O. The Morgan fingerprint density at radius 1 is 1.35 bits per heavy atom. The lowest BCUT2D eigenvalue weighted by Gasteiger charge is -2.30. The molecule has 0 fully saturated rings. The molecular weight excluding hydrogens is 259 g/mol. The average molecular weight is 282 g/mol. The van der Waals surface area contributed by atoms with Crippen molar-refractivity contribution in [1.82, 2.24) is 5.32 Å². The van der Waals surface area contributed by atoms with E-state index in [1.54, 1.807) is 19.1 Å². The minimum absolute atomic E-state index is 0.271. The van der Waals surface area contributed by atoms with Crippen molar-refractivity contribution in [2.45, 2.75) is 32.7 Å². The third-order valence-electron chi connectivity index (χ3n) is 3.49. The predicted octanol–water partition coefficient (Wildman–Crippen LogP) is 2.49. The lowest BCUT2D eigenvalue weighted by atomic mass is 9.97. The summed E-state index contributed by atoms with van der Waals surface area (Å²) in [4.78, 5) is 13.4. The second kappa shape index (κ2) is 7.24. The van der Waals surface area contributed by atoms with Gasteiger partial charge in [-0.15, -0.1) is 0 Å². The van der Waals surface area contributed by atoms with Crippen molar-refractivity contribution in [3.05, 3.63) is 30.1 Å². The molecule has 0 saturated heterocycles. The lowest BCUT2D eigenvalue weighted by molar-refractivity contribution is -0.144. The van der Waals surface area contributed by atoms with Gasteiger partial charge in [-0.3, -0.25) is 4.79 Å². The van der Waals surface area contributed by atoms with Crippen LogP contribution in [0, 0.1) is 5.82 Å². The molecule has 0 heterocycles. The number of carbonyl (C=O) groups is 1. The topological polar surface area (TPSA) is 52.6 Å². The number of likely N-dealkylation sites (N-methyl/N-ethyl adjacent to an activating group) is 1. The molecule has 0 saturated carbocycles. The van der Waals surface area contributed by atoms with Gasteiger partial charge in [-0.05, 0) is 51.1 Å². The molecule has 0 radical (unpaired) electrons. The van der Waals surface area contributed by atoms with E-state index < -0.39 is 11.5 Å². The Kier molecular flexibility index (Phi) is 5.95. The maximum absolute atomic E-state index is 12.9. The van der Waals surface area contributed by atoms with E-state index >= 15 is 0 Å². The summed E-state index contributed by atoms with van der Waals surface area (Å²) in [7, 11) is 0. The maximum atomic E-state index is 12.9. The fourth-order valence-electron chi connectivity index (χ4n) is 2.14. The van der Waals surface area contributed by atoms with E-state index in [1.165, 1.54) is 12.1 Å². The van der Waals surface area contributed by atoms with Gasteiger partial charge in [-0.2, -0.15) is 0 Å². The number of benzene rings is 1. The summed E-state index contributed by atoms with van der Waals surface area (Å²) >= 11 is 0. The molecule has 0 bridgehead atoms. The first-order chi connectivity index (χ1) is 9.42. The molecule has 1 aromatic carbocycles. The molecule has 112 valence electrons. The highest BCUT2D eigenvalue weighted by Crippen LogP contribution is 2.18. The monoisotopic (exact) mass is 282 g/mol. The summed E-state index contributed by atoms with van der Waals surface area (Å²) in [5, 5.41) is 12.3. The van der Waals surface area contributed by atoms with Crippen LogP contribution in [0.15, 0.2) is 24.3 Å². The van der Waals surface area contributed by atoms with Gasteiger partial charge >= 0.3 is 5.97 Å². The van der Waals surface area contributed by atoms with Crippen LogP contribution in [0.3, 0.4) is 0 Å². The summed E-state index contributed by atoms with van der Waals surface area (Å²) in [6.45, 7) is 7.52. The number of carboxylic acid groups (broad SMARTS) is 1. The van der Waals surface area contributed by atoms with Crippen LogP contribution in [0.4, 0.5) is 10.1 Å². The van der Waals surface area contributed by atoms with Crippen LogP contribution in [0.1, 0.15) is 27.2 Å². The van der Waals surface area contributed by atoms with Crippen molar-refractivity contribution in [2.75, 3.05) is 24.5 Å². The van der Waals surface area contributed by atoms with Gasteiger partial charge in [-0.1, -0.05) is 6.92 Å². The number of rotatable bonds is 8. The Bertz CT molecular complexity index is 436. The largest absolute Gasteiger partial charge is 0.480 e. The first-order valence-electron chi connectivity index (χ1n) is 6.92. The fourth-order valence-corrected chi connectivity index (χ4v) is 2.14. The number of aliphatic carboxylic acids is 1. The summed E-state index contributed by atoms with van der Waals surface area (Å²) in [6, 6.07) is 6.26. The van der Waals surface area contributed by atoms with Gasteiger partial charge in [-0.25, -0.2) is 4.39 Å². The van der Waals surface area contributed by atoms with Crippen LogP contribution in [-0.4, -0.2) is 36.2 Å². The highest BCUT2D eigenvalue weighted by atomic mass is 19.1. The third-order valence-corrected chi connectivity index (χ3v) is 3.49. The van der Waals surface area contributed by atoms with Gasteiger partial charge in [0.1, 0.15) is 11.4 Å². The van der Waals surface area contributed by atoms with Crippen LogP contribution in [0.25, 0.3) is 0 Å². The molecule has 0 aliphatic heterocycles. The molecule has 1 atom stereocenters. The first kappa shape index (κ1) is 16.4. The molecule has 0 aliphatic rings. The molecule has 1 aromatic rings. The predicted molar refractivity (Wildman–Crippen MR) is 78.6 cm³/mol. The number of halogens is 1. The Morgan fingerprint density at radius 3 is 2.40 bits per heavy atom. The molecule has 1 rings (SSSR count). The Hall–Kier alpha value is -1.62. The highest BCUT2D eigenvalue weighted by molar-refractivity contribution is 5.78. The number of anilines is 1. The molecule has 20 heavy (non-hydrogen) atoms. The van der Waals surface area contributed by atoms with Crippen LogP contribution >= 0.6 is 0 Å². The molecule has 0 amide bonds. The molecule has 5 heteroatoms. The normalized spacial score (nSPS) is 13.8. The van der Waals surface area contributed by atoms with Crippen LogP contribution in [-0.2, 0) is 4.79 Å². The van der Waals surface area contributed by atoms with Crippen molar-refractivity contribution >= 4 is 11.7 Å². The van der Waals surface area contributed by atoms with Crippen molar-refractivity contribution in [1.29, 1.82) is 0 Å². The average Bonchev–Trinajstić information content (AvgIpc) is 2.41. The number of nitrogens with one attached hydrogen (secondary N) is 1. The highest BCUT2D eigenvalue weighted by Gasteiger charge is 2.32. The Balaban J connectivity index is 2.73. The molecule has 2 N–H and O–H groups in total. The molecule has 1 unspecified atom stereocenters. The van der Waals surface area contributed by atoms with E-state index in [4.69, 9.17) is 0 Å². The van der Waals surface area contributed by atoms with Crippen LogP contribution in [0.5, 0.6) is 0 Å². The quantitative estimate of drug-likeness (QED) is 0.769. The minimum atomic E-state index is -0.942. The van der Waals surface area contributed by atoms with Crippen molar-refractivity contribution < 1.29 is 14.3 Å². The summed E-state index contributed by atoms with van der Waals surface area (Å²) < 4.78 is 12.9. The standard InChI is InChI=1S/C15H23FN2O2/c1-4-17-15(3,14(19)20)10-11-18(5-2)13-8-6-12(16)7-9-13/h6-9,17H,4-5,10-11H2,1-3H3,(H,19,20). The smallest absolute Gasteiger partial charge is 0.323 e. The number of hydrogen-bond donors (Lipinski definition) is 2. The van der Waals surface area contributed by atoms with Crippen molar-refractivity contribution in [3.63, 3.8) is 0 Å². The number of hydrogen-bond acceptors (Lipinski definition) is 3. The van der Waals surface area contributed by atoms with Crippen molar-refractivity contribution in [2.24, 2.45) is 0 Å². The molecule has 0 aliphatic carbocycles. The van der Waals surface area contributed by atoms with Crippen LogP contribution < -0.4 is 10.2 Å². The summed E-state index contributed by atoms with van der Waals surface area (Å²) in [5.74, 6) is -1.12. The first-order valence-corrected chi connectivity index (χ1v) is 6.92. The second-order valence-electron chi connectivity index (χ2n) is 4.97. The Morgan fingerprint density at radius 2 is 1.95 bits per heavy atom. The van der Waals surface area contributed by atoms with E-state index in [1.807, 2.05) is 18.7 Å². The molecular formula is C15H23FN2O2. The zero-order valence-electron chi connectivity index (χ0n) is 12.3. The van der Waals surface area contributed by atoms with Gasteiger partial charge in [0.25, 0.3) is 0 Å². The lowest BCUT2D eigenvalue weighted by Crippen LogP contribution is -2.51.